The highest BCUT2D eigenvalue weighted by Gasteiger charge is 2.09. The summed E-state index contributed by atoms with van der Waals surface area (Å²) in [5, 5.41) is 9.34. The van der Waals surface area contributed by atoms with E-state index in [1.807, 2.05) is 24.3 Å². The molecule has 1 fully saturated rings. The lowest BCUT2D eigenvalue weighted by atomic mass is 10.3. The van der Waals surface area contributed by atoms with Gasteiger partial charge in [-0.3, -0.25) is 9.69 Å². The fourth-order valence-electron chi connectivity index (χ4n) is 2.32. The summed E-state index contributed by atoms with van der Waals surface area (Å²) >= 11 is 0. The van der Waals surface area contributed by atoms with Crippen LogP contribution >= 0.6 is 24.8 Å². The Hall–Kier alpha value is -1.21. The third-order valence-electron chi connectivity index (χ3n) is 3.51. The third kappa shape index (κ3) is 7.74. The second-order valence-electron chi connectivity index (χ2n) is 5.00. The molecule has 1 aromatic carbocycles. The standard InChI is InChI=1S/C15H24N4O2.2ClH/c1-21-14-5-3-2-4-13(14)18-12-15(20)17-8-11-19-9-6-16-7-10-19;;/h2-5,16,18H,6-12H2,1H3,(H,17,20);2*1H. The van der Waals surface area contributed by atoms with Crippen molar-refractivity contribution in [1.29, 1.82) is 0 Å². The number of ether oxygens (including phenoxy) is 1. The van der Waals surface area contributed by atoms with Crippen LogP contribution < -0.4 is 20.7 Å². The van der Waals surface area contributed by atoms with Crippen LogP contribution in [-0.2, 0) is 4.79 Å². The zero-order valence-electron chi connectivity index (χ0n) is 13.3. The van der Waals surface area contributed by atoms with Gasteiger partial charge in [0.2, 0.25) is 5.91 Å². The first kappa shape index (κ1) is 21.8. The van der Waals surface area contributed by atoms with Gasteiger partial charge in [-0.2, -0.15) is 0 Å². The molecule has 0 atom stereocenters. The highest BCUT2D eigenvalue weighted by Crippen LogP contribution is 2.22. The molecule has 1 aliphatic rings. The Kier molecular flexibility index (Phi) is 11.6. The number of hydrogen-bond donors (Lipinski definition) is 3. The van der Waals surface area contributed by atoms with E-state index in [1.165, 1.54) is 0 Å². The Morgan fingerprint density at radius 1 is 1.26 bits per heavy atom. The van der Waals surface area contributed by atoms with Gasteiger partial charge in [-0.05, 0) is 12.1 Å². The highest BCUT2D eigenvalue weighted by molar-refractivity contribution is 5.85. The molecule has 1 saturated heterocycles. The molecule has 2 rings (SSSR count). The minimum atomic E-state index is -0.00367. The van der Waals surface area contributed by atoms with Crippen molar-refractivity contribution in [1.82, 2.24) is 15.5 Å². The second-order valence-corrected chi connectivity index (χ2v) is 5.00. The van der Waals surface area contributed by atoms with E-state index in [1.54, 1.807) is 7.11 Å². The summed E-state index contributed by atoms with van der Waals surface area (Å²) in [6, 6.07) is 7.57. The summed E-state index contributed by atoms with van der Waals surface area (Å²) in [6.07, 6.45) is 0. The lowest BCUT2D eigenvalue weighted by molar-refractivity contribution is -0.119. The number of nitrogens with zero attached hydrogens (tertiary/aromatic N) is 1. The predicted octanol–water partition coefficient (Wildman–Crippen LogP) is 0.972. The fourth-order valence-corrected chi connectivity index (χ4v) is 2.32. The first-order valence-corrected chi connectivity index (χ1v) is 7.36. The number of benzene rings is 1. The predicted molar refractivity (Wildman–Crippen MR) is 98.3 cm³/mol. The van der Waals surface area contributed by atoms with Crippen LogP contribution in [-0.4, -0.2) is 63.7 Å². The van der Waals surface area contributed by atoms with Crippen molar-refractivity contribution in [2.75, 3.05) is 58.2 Å². The molecule has 0 radical (unpaired) electrons. The molecule has 1 aromatic rings. The quantitative estimate of drug-likeness (QED) is 0.672. The lowest BCUT2D eigenvalue weighted by Gasteiger charge is -2.27. The smallest absolute Gasteiger partial charge is 0.239 e. The summed E-state index contributed by atoms with van der Waals surface area (Å²) in [5.41, 5.74) is 0.831. The molecule has 0 bridgehead atoms. The average molecular weight is 365 g/mol. The van der Waals surface area contributed by atoms with E-state index < -0.39 is 0 Å². The number of rotatable bonds is 7. The largest absolute Gasteiger partial charge is 0.495 e. The van der Waals surface area contributed by atoms with Gasteiger partial charge < -0.3 is 20.7 Å². The zero-order chi connectivity index (χ0) is 14.9. The zero-order valence-corrected chi connectivity index (χ0v) is 15.0. The monoisotopic (exact) mass is 364 g/mol. The average Bonchev–Trinajstić information content (AvgIpc) is 2.54. The van der Waals surface area contributed by atoms with Gasteiger partial charge >= 0.3 is 0 Å². The van der Waals surface area contributed by atoms with Gasteiger partial charge in [0.1, 0.15) is 5.75 Å². The van der Waals surface area contributed by atoms with Crippen LogP contribution in [0.2, 0.25) is 0 Å². The van der Waals surface area contributed by atoms with Crippen LogP contribution in [0.4, 0.5) is 5.69 Å². The van der Waals surface area contributed by atoms with Gasteiger partial charge in [-0.25, -0.2) is 0 Å². The Labute approximate surface area is 150 Å². The number of methoxy groups -OCH3 is 1. The van der Waals surface area contributed by atoms with E-state index >= 15 is 0 Å². The molecular weight excluding hydrogens is 339 g/mol. The van der Waals surface area contributed by atoms with Crippen molar-refractivity contribution >= 4 is 36.4 Å². The molecular formula is C15H26Cl2N4O2. The number of anilines is 1. The number of halogens is 2. The molecule has 1 aliphatic heterocycles. The van der Waals surface area contributed by atoms with Gasteiger partial charge in [0.05, 0.1) is 19.3 Å². The Morgan fingerprint density at radius 2 is 1.96 bits per heavy atom. The van der Waals surface area contributed by atoms with E-state index in [9.17, 15) is 4.79 Å². The maximum Gasteiger partial charge on any atom is 0.239 e. The first-order chi connectivity index (χ1) is 10.3. The number of amides is 1. The molecule has 0 aliphatic carbocycles. The molecule has 0 unspecified atom stereocenters. The Bertz CT molecular complexity index is 457. The van der Waals surface area contributed by atoms with Gasteiger partial charge in [-0.15, -0.1) is 24.8 Å². The minimum Gasteiger partial charge on any atom is -0.495 e. The van der Waals surface area contributed by atoms with Crippen molar-refractivity contribution in [2.24, 2.45) is 0 Å². The maximum absolute atomic E-state index is 11.8. The number of para-hydroxylation sites is 2. The molecule has 132 valence electrons. The van der Waals surface area contributed by atoms with Crippen LogP contribution in [0.1, 0.15) is 0 Å². The van der Waals surface area contributed by atoms with E-state index in [2.05, 4.69) is 20.9 Å². The Morgan fingerprint density at radius 3 is 2.65 bits per heavy atom. The normalized spacial score (nSPS) is 14.1. The van der Waals surface area contributed by atoms with E-state index in [4.69, 9.17) is 4.74 Å². The van der Waals surface area contributed by atoms with Crippen molar-refractivity contribution in [3.63, 3.8) is 0 Å². The summed E-state index contributed by atoms with van der Waals surface area (Å²) in [7, 11) is 1.62. The summed E-state index contributed by atoms with van der Waals surface area (Å²) < 4.78 is 5.23. The van der Waals surface area contributed by atoms with Gasteiger partial charge in [0, 0.05) is 39.3 Å². The molecule has 0 spiro atoms. The molecule has 23 heavy (non-hydrogen) atoms. The van der Waals surface area contributed by atoms with Gasteiger partial charge in [0.25, 0.3) is 0 Å². The lowest BCUT2D eigenvalue weighted by Crippen LogP contribution is -2.46. The SMILES string of the molecule is COc1ccccc1NCC(=O)NCCN1CCNCC1.Cl.Cl. The second kappa shape index (κ2) is 12.2. The number of piperazine rings is 1. The van der Waals surface area contributed by atoms with Crippen molar-refractivity contribution in [3.8, 4) is 5.75 Å². The highest BCUT2D eigenvalue weighted by atomic mass is 35.5. The number of nitrogens with one attached hydrogen (secondary N) is 3. The number of carbonyl (C=O) groups is 1. The molecule has 3 N–H and O–H groups in total. The van der Waals surface area contributed by atoms with Gasteiger partial charge in [-0.1, -0.05) is 12.1 Å². The minimum absolute atomic E-state index is 0. The van der Waals surface area contributed by atoms with Crippen LogP contribution in [0, 0.1) is 0 Å². The van der Waals surface area contributed by atoms with Crippen LogP contribution in [0.5, 0.6) is 5.75 Å². The first-order valence-electron chi connectivity index (χ1n) is 7.36. The van der Waals surface area contributed by atoms with Crippen LogP contribution in [0.25, 0.3) is 0 Å². The summed E-state index contributed by atoms with van der Waals surface area (Å²) in [4.78, 5) is 14.2. The maximum atomic E-state index is 11.8. The molecule has 6 nitrogen and oxygen atoms in total. The Balaban J connectivity index is 0.00000242. The fraction of sp³-hybridized carbons (Fsp3) is 0.533. The van der Waals surface area contributed by atoms with E-state index in [0.717, 1.165) is 44.2 Å². The summed E-state index contributed by atoms with van der Waals surface area (Å²) in [5.74, 6) is 0.738. The van der Waals surface area contributed by atoms with Crippen molar-refractivity contribution < 1.29 is 9.53 Å². The van der Waals surface area contributed by atoms with E-state index in [0.29, 0.717) is 6.54 Å². The summed E-state index contributed by atoms with van der Waals surface area (Å²) in [6.45, 7) is 6.01. The molecule has 1 amide bonds. The molecule has 8 heteroatoms. The van der Waals surface area contributed by atoms with Crippen LogP contribution in [0.15, 0.2) is 24.3 Å². The third-order valence-corrected chi connectivity index (χ3v) is 3.51. The topological polar surface area (TPSA) is 65.6 Å². The van der Waals surface area contributed by atoms with Crippen LogP contribution in [0.3, 0.4) is 0 Å². The number of hydrogen-bond acceptors (Lipinski definition) is 5. The molecule has 0 aromatic heterocycles. The van der Waals surface area contributed by atoms with Crippen molar-refractivity contribution in [2.45, 2.75) is 0 Å². The molecule has 0 saturated carbocycles. The number of carbonyl (C=O) groups excluding carboxylic acids is 1. The van der Waals surface area contributed by atoms with Crippen molar-refractivity contribution in [3.05, 3.63) is 24.3 Å². The van der Waals surface area contributed by atoms with E-state index in [-0.39, 0.29) is 37.3 Å². The van der Waals surface area contributed by atoms with Gasteiger partial charge in [0.15, 0.2) is 0 Å². The molecule has 1 heterocycles.